The molecule has 0 unspecified atom stereocenters. The minimum atomic E-state index is -1.45. The van der Waals surface area contributed by atoms with Crippen molar-refractivity contribution in [1.29, 1.82) is 0 Å². The minimum absolute atomic E-state index is 0.0821. The zero-order valence-electron chi connectivity index (χ0n) is 20.7. The summed E-state index contributed by atoms with van der Waals surface area (Å²) >= 11 is 0. The Balaban J connectivity index is 1.67. The average Bonchev–Trinajstić information content (AvgIpc) is 3.12. The summed E-state index contributed by atoms with van der Waals surface area (Å²) in [6.07, 6.45) is 11.0. The third-order valence-corrected chi connectivity index (χ3v) is 6.63. The molecule has 1 aliphatic heterocycles. The quantitative estimate of drug-likeness (QED) is 0.151. The Morgan fingerprint density at radius 1 is 0.886 bits per heavy atom. The summed E-state index contributed by atoms with van der Waals surface area (Å²) in [4.78, 5) is 28.6. The van der Waals surface area contributed by atoms with Gasteiger partial charge in [-0.2, -0.15) is 4.98 Å². The molecule has 2 heterocycles. The fourth-order valence-electron chi connectivity index (χ4n) is 4.46. The maximum atomic E-state index is 12.7. The number of hydrogen-bond acceptors (Lipinski definition) is 9. The van der Waals surface area contributed by atoms with Gasteiger partial charge in [-0.3, -0.25) is 9.36 Å². The Bertz CT molecular complexity index is 817. The Kier molecular flexibility index (Phi) is 13.4. The molecule has 0 aromatic carbocycles. The molecule has 1 aromatic rings. The molecule has 200 valence electrons. The molecule has 0 bridgehead atoms. The number of anilines is 1. The highest BCUT2D eigenvalue weighted by atomic mass is 16.6. The van der Waals surface area contributed by atoms with Crippen molar-refractivity contribution in [1.82, 2.24) is 9.55 Å². The first-order valence-electron chi connectivity index (χ1n) is 13.1. The zero-order chi connectivity index (χ0) is 25.6. The van der Waals surface area contributed by atoms with E-state index in [4.69, 9.17) is 15.6 Å². The van der Waals surface area contributed by atoms with E-state index in [-0.39, 0.29) is 23.6 Å². The van der Waals surface area contributed by atoms with E-state index in [0.717, 1.165) is 36.7 Å². The third kappa shape index (κ3) is 9.27. The summed E-state index contributed by atoms with van der Waals surface area (Å²) in [5.74, 6) is -0.411. The second-order valence-corrected chi connectivity index (χ2v) is 9.45. The standard InChI is InChI=1S/C25H43N3O7/c26-23-18(16-28(25(34)27-23)24-22(33)21(32)20(17-30)35-24)19(31)14-12-10-8-6-4-2-1-3-5-7-9-11-13-15-29/h16,20-22,24,29-30,32-33H,1-15,17H2,(H2,26,27,34)/t20-,21-,22+,24-/m1/s1. The first-order chi connectivity index (χ1) is 16.9. The van der Waals surface area contributed by atoms with E-state index in [2.05, 4.69) is 4.98 Å². The highest BCUT2D eigenvalue weighted by Crippen LogP contribution is 2.28. The van der Waals surface area contributed by atoms with Crippen molar-refractivity contribution in [3.63, 3.8) is 0 Å². The molecule has 35 heavy (non-hydrogen) atoms. The lowest BCUT2D eigenvalue weighted by Crippen LogP contribution is -2.36. The van der Waals surface area contributed by atoms with Gasteiger partial charge in [-0.05, 0) is 12.8 Å². The van der Waals surface area contributed by atoms with Crippen LogP contribution in [-0.2, 0) is 4.74 Å². The summed E-state index contributed by atoms with van der Waals surface area (Å²) in [7, 11) is 0. The van der Waals surface area contributed by atoms with Crippen molar-refractivity contribution in [3.8, 4) is 0 Å². The molecule has 0 spiro atoms. The molecule has 0 amide bonds. The number of hydrogen-bond donors (Lipinski definition) is 5. The molecule has 4 atom stereocenters. The van der Waals surface area contributed by atoms with Crippen LogP contribution in [0.1, 0.15) is 106 Å². The van der Waals surface area contributed by atoms with Gasteiger partial charge in [0.2, 0.25) is 0 Å². The molecule has 10 nitrogen and oxygen atoms in total. The van der Waals surface area contributed by atoms with E-state index in [1.54, 1.807) is 0 Å². The Hall–Kier alpha value is -1.85. The number of aliphatic hydroxyl groups excluding tert-OH is 4. The van der Waals surface area contributed by atoms with Crippen LogP contribution < -0.4 is 11.4 Å². The smallest absolute Gasteiger partial charge is 0.351 e. The lowest BCUT2D eigenvalue weighted by atomic mass is 10.0. The molecular weight excluding hydrogens is 454 g/mol. The monoisotopic (exact) mass is 497 g/mol. The first-order valence-corrected chi connectivity index (χ1v) is 13.1. The van der Waals surface area contributed by atoms with Gasteiger partial charge < -0.3 is 30.9 Å². The van der Waals surface area contributed by atoms with Crippen LogP contribution in [0.25, 0.3) is 0 Å². The van der Waals surface area contributed by atoms with Crippen LogP contribution in [0.4, 0.5) is 5.82 Å². The van der Waals surface area contributed by atoms with Crippen molar-refractivity contribution >= 4 is 11.6 Å². The van der Waals surface area contributed by atoms with Crippen LogP contribution in [-0.4, -0.2) is 67.3 Å². The number of ketones is 1. The second-order valence-electron chi connectivity index (χ2n) is 9.45. The predicted molar refractivity (Wildman–Crippen MR) is 132 cm³/mol. The van der Waals surface area contributed by atoms with E-state index in [1.807, 2.05) is 0 Å². The normalized spacial score (nSPS) is 22.1. The molecule has 1 saturated heterocycles. The highest BCUT2D eigenvalue weighted by molar-refractivity contribution is 5.99. The Labute approximate surface area is 207 Å². The van der Waals surface area contributed by atoms with Gasteiger partial charge in [0, 0.05) is 19.2 Å². The lowest BCUT2D eigenvalue weighted by Gasteiger charge is -2.18. The first kappa shape index (κ1) is 29.4. The molecule has 0 aliphatic carbocycles. The molecule has 2 rings (SSSR count). The molecule has 0 radical (unpaired) electrons. The average molecular weight is 498 g/mol. The van der Waals surface area contributed by atoms with Gasteiger partial charge >= 0.3 is 5.69 Å². The van der Waals surface area contributed by atoms with E-state index in [9.17, 15) is 24.9 Å². The molecule has 1 aliphatic rings. The maximum Gasteiger partial charge on any atom is 0.351 e. The van der Waals surface area contributed by atoms with E-state index < -0.39 is 36.8 Å². The van der Waals surface area contributed by atoms with E-state index >= 15 is 0 Å². The second kappa shape index (κ2) is 16.0. The number of unbranched alkanes of at least 4 members (excludes halogenated alkanes) is 12. The van der Waals surface area contributed by atoms with Gasteiger partial charge in [-0.15, -0.1) is 0 Å². The minimum Gasteiger partial charge on any atom is -0.396 e. The van der Waals surface area contributed by atoms with Gasteiger partial charge in [0.05, 0.1) is 12.2 Å². The fourth-order valence-corrected chi connectivity index (χ4v) is 4.46. The molecule has 6 N–H and O–H groups in total. The fraction of sp³-hybridized carbons (Fsp3) is 0.800. The van der Waals surface area contributed by atoms with E-state index in [1.165, 1.54) is 51.1 Å². The van der Waals surface area contributed by atoms with Crippen molar-refractivity contribution in [3.05, 3.63) is 22.2 Å². The Morgan fingerprint density at radius 2 is 1.40 bits per heavy atom. The van der Waals surface area contributed by atoms with E-state index in [0.29, 0.717) is 13.0 Å². The van der Waals surface area contributed by atoms with Crippen molar-refractivity contribution in [2.45, 2.75) is 114 Å². The lowest BCUT2D eigenvalue weighted by molar-refractivity contribution is -0.0550. The number of rotatable bonds is 18. The van der Waals surface area contributed by atoms with Crippen LogP contribution in [0, 0.1) is 0 Å². The van der Waals surface area contributed by atoms with Crippen LogP contribution in [0.5, 0.6) is 0 Å². The molecule has 1 aromatic heterocycles. The number of nitrogen functional groups attached to an aromatic ring is 1. The zero-order valence-corrected chi connectivity index (χ0v) is 20.7. The number of Topliss-reactive ketones (excluding diaryl/α,β-unsaturated/α-hetero) is 1. The molecule has 10 heteroatoms. The van der Waals surface area contributed by atoms with Crippen LogP contribution in [0.3, 0.4) is 0 Å². The number of carbonyl (C=O) groups excluding carboxylic acids is 1. The number of nitrogens with two attached hydrogens (primary N) is 1. The van der Waals surface area contributed by atoms with Gasteiger partial charge in [0.1, 0.15) is 24.1 Å². The number of ether oxygens (including phenoxy) is 1. The maximum absolute atomic E-state index is 12.7. The summed E-state index contributed by atoms with van der Waals surface area (Å²) in [5.41, 5.74) is 5.08. The highest BCUT2D eigenvalue weighted by Gasteiger charge is 2.44. The SMILES string of the molecule is Nc1nc(=O)n([C@@H]2O[C@H](CO)[C@@H](O)[C@@H]2O)cc1C(=O)CCCCCCCCCCCCCCCO. The van der Waals surface area contributed by atoms with Crippen LogP contribution in [0.15, 0.2) is 11.0 Å². The van der Waals surface area contributed by atoms with Crippen molar-refractivity contribution < 1.29 is 30.0 Å². The topological polar surface area (TPSA) is 168 Å². The summed E-state index contributed by atoms with van der Waals surface area (Å²) in [6.45, 7) is -0.225. The number of aromatic nitrogens is 2. The van der Waals surface area contributed by atoms with Crippen molar-refractivity contribution in [2.24, 2.45) is 0 Å². The largest absolute Gasteiger partial charge is 0.396 e. The van der Waals surface area contributed by atoms with Gasteiger partial charge in [0.15, 0.2) is 12.0 Å². The van der Waals surface area contributed by atoms with Crippen molar-refractivity contribution in [2.75, 3.05) is 18.9 Å². The van der Waals surface area contributed by atoms with Crippen LogP contribution >= 0.6 is 0 Å². The number of aliphatic hydroxyl groups is 4. The summed E-state index contributed by atoms with van der Waals surface area (Å²) < 4.78 is 6.32. The Morgan fingerprint density at radius 3 is 1.89 bits per heavy atom. The molecular formula is C25H43N3O7. The predicted octanol–water partition coefficient (Wildman–Crippen LogP) is 2.07. The number of carbonyl (C=O) groups is 1. The summed E-state index contributed by atoms with van der Waals surface area (Å²) in [6, 6.07) is 0. The molecule has 1 fully saturated rings. The van der Waals surface area contributed by atoms with Gasteiger partial charge in [-0.1, -0.05) is 70.6 Å². The molecule has 0 saturated carbocycles. The third-order valence-electron chi connectivity index (χ3n) is 6.63. The van der Waals surface area contributed by atoms with Crippen LogP contribution in [0.2, 0.25) is 0 Å². The van der Waals surface area contributed by atoms with Gasteiger partial charge in [-0.25, -0.2) is 4.79 Å². The van der Waals surface area contributed by atoms with Gasteiger partial charge in [0.25, 0.3) is 0 Å². The number of nitrogens with zero attached hydrogens (tertiary/aromatic N) is 2. The summed E-state index contributed by atoms with van der Waals surface area (Å²) in [5, 5.41) is 38.1.